The number of hydrogen-bond donors (Lipinski definition) is 0. The molecule has 1 aliphatic carbocycles. The molecular formula is C29H28F2I2O2. The predicted octanol–water partition coefficient (Wildman–Crippen LogP) is 9.25. The molecule has 1 fully saturated rings. The van der Waals surface area contributed by atoms with Crippen LogP contribution in [-0.2, 0) is 0 Å². The Hall–Kier alpha value is -1.55. The summed E-state index contributed by atoms with van der Waals surface area (Å²) in [6.45, 7) is 3.89. The van der Waals surface area contributed by atoms with E-state index in [4.69, 9.17) is 4.74 Å². The van der Waals surface area contributed by atoms with Gasteiger partial charge in [0.1, 0.15) is 17.4 Å². The molecule has 0 spiro atoms. The number of halogens is 4. The molecule has 0 heterocycles. The minimum atomic E-state index is -0.566. The van der Waals surface area contributed by atoms with E-state index in [0.717, 1.165) is 48.3 Å². The third-order valence-corrected chi connectivity index (χ3v) is 9.96. The van der Waals surface area contributed by atoms with Crippen LogP contribution in [0.25, 0.3) is 11.1 Å². The Morgan fingerprint density at radius 1 is 1.03 bits per heavy atom. The number of rotatable bonds is 6. The van der Waals surface area contributed by atoms with Crippen molar-refractivity contribution in [1.82, 2.24) is 0 Å². The summed E-state index contributed by atoms with van der Waals surface area (Å²) in [5, 5.41) is 0. The van der Waals surface area contributed by atoms with Crippen LogP contribution < -0.4 is 4.74 Å². The van der Waals surface area contributed by atoms with Crippen molar-refractivity contribution in [3.63, 3.8) is 0 Å². The average Bonchev–Trinajstić information content (AvgIpc) is 2.87. The topological polar surface area (TPSA) is 26.3 Å². The minimum absolute atomic E-state index is 0.127. The number of esters is 1. The van der Waals surface area contributed by atoms with Gasteiger partial charge in [0.15, 0.2) is 0 Å². The third-order valence-electron chi connectivity index (χ3n) is 7.01. The first-order chi connectivity index (χ1) is 16.8. The molecule has 0 aromatic heterocycles. The normalized spacial score (nSPS) is 18.8. The molecular weight excluding hydrogens is 672 g/mol. The molecule has 35 heavy (non-hydrogen) atoms. The maximum atomic E-state index is 15.5. The molecule has 1 unspecified atom stereocenters. The number of hydrogen-bond acceptors (Lipinski definition) is 2. The summed E-state index contributed by atoms with van der Waals surface area (Å²) in [5.41, 5.74) is 3.29. The molecule has 0 aliphatic heterocycles. The lowest BCUT2D eigenvalue weighted by Crippen LogP contribution is -2.21. The fourth-order valence-corrected chi connectivity index (χ4v) is 6.34. The van der Waals surface area contributed by atoms with Crippen molar-refractivity contribution in [1.29, 1.82) is 0 Å². The van der Waals surface area contributed by atoms with Gasteiger partial charge in [-0.2, -0.15) is 0 Å². The first kappa shape index (κ1) is 26.5. The molecule has 1 atom stereocenters. The second kappa shape index (κ2) is 11.7. The van der Waals surface area contributed by atoms with E-state index in [-0.39, 0.29) is 17.5 Å². The number of ether oxygens (including phenoxy) is 1. The highest BCUT2D eigenvalue weighted by atomic mass is 127. The highest BCUT2D eigenvalue weighted by Gasteiger charge is 2.28. The summed E-state index contributed by atoms with van der Waals surface area (Å²) >= 11 is 4.65. The molecule has 0 amide bonds. The second-order valence-electron chi connectivity index (χ2n) is 9.24. The Labute approximate surface area is 233 Å². The molecule has 3 aromatic rings. The van der Waals surface area contributed by atoms with Gasteiger partial charge in [-0.25, -0.2) is 13.6 Å². The quantitative estimate of drug-likeness (QED) is 0.111. The molecule has 0 bridgehead atoms. The van der Waals surface area contributed by atoms with Crippen LogP contribution >= 0.6 is 45.2 Å². The Balaban J connectivity index is 1.47. The van der Waals surface area contributed by atoms with Crippen molar-refractivity contribution in [2.24, 2.45) is 5.92 Å². The summed E-state index contributed by atoms with van der Waals surface area (Å²) in [4.78, 5) is 12.5. The molecule has 3 aromatic carbocycles. The number of carbonyl (C=O) groups is 1. The van der Waals surface area contributed by atoms with Crippen LogP contribution in [0.5, 0.6) is 5.75 Å². The smallest absolute Gasteiger partial charge is 0.343 e. The van der Waals surface area contributed by atoms with Gasteiger partial charge >= 0.3 is 5.97 Å². The van der Waals surface area contributed by atoms with Gasteiger partial charge < -0.3 is 4.74 Å². The lowest BCUT2D eigenvalue weighted by Gasteiger charge is -2.31. The molecule has 1 aliphatic rings. The van der Waals surface area contributed by atoms with E-state index in [1.54, 1.807) is 43.3 Å². The molecule has 0 N–H and O–H groups in total. The maximum Gasteiger partial charge on any atom is 0.343 e. The van der Waals surface area contributed by atoms with Crippen molar-refractivity contribution in [3.05, 3.63) is 86.5 Å². The van der Waals surface area contributed by atoms with Crippen molar-refractivity contribution < 1.29 is 18.3 Å². The van der Waals surface area contributed by atoms with Gasteiger partial charge in [-0.3, -0.25) is 0 Å². The zero-order chi connectivity index (χ0) is 25.1. The van der Waals surface area contributed by atoms with Crippen molar-refractivity contribution in [2.45, 2.75) is 55.8 Å². The van der Waals surface area contributed by atoms with E-state index >= 15 is 4.39 Å². The predicted molar refractivity (Wildman–Crippen MR) is 153 cm³/mol. The number of alkyl halides is 1. The van der Waals surface area contributed by atoms with Crippen molar-refractivity contribution in [3.8, 4) is 16.9 Å². The number of carbonyl (C=O) groups excluding carboxylic acids is 1. The molecule has 0 radical (unpaired) electrons. The molecule has 1 saturated carbocycles. The SMILES string of the molecule is CCC(I)C1CCC(c2ccc(-c3ccc(C(=O)Oc4ccc(C)c(F)c4)cc3)c(I)c2F)CC1. The summed E-state index contributed by atoms with van der Waals surface area (Å²) in [6, 6.07) is 15.1. The highest BCUT2D eigenvalue weighted by molar-refractivity contribution is 14.1. The Morgan fingerprint density at radius 2 is 1.71 bits per heavy atom. The number of aryl methyl sites for hydroxylation is 1. The maximum absolute atomic E-state index is 15.5. The monoisotopic (exact) mass is 700 g/mol. The third kappa shape index (κ3) is 6.06. The van der Waals surface area contributed by atoms with Gasteiger partial charge in [-0.15, -0.1) is 0 Å². The van der Waals surface area contributed by atoms with Crippen LogP contribution in [-0.4, -0.2) is 9.89 Å². The van der Waals surface area contributed by atoms with Crippen LogP contribution in [0.2, 0.25) is 0 Å². The summed E-state index contributed by atoms with van der Waals surface area (Å²) in [5.74, 6) is 0.0638. The van der Waals surface area contributed by atoms with Gasteiger partial charge in [-0.05, 0) is 114 Å². The average molecular weight is 700 g/mol. The molecule has 0 saturated heterocycles. The number of benzene rings is 3. The molecule has 184 valence electrons. The van der Waals surface area contributed by atoms with Crippen LogP contribution in [0, 0.1) is 28.0 Å². The lowest BCUT2D eigenvalue weighted by molar-refractivity contribution is 0.0734. The zero-order valence-corrected chi connectivity index (χ0v) is 24.1. The van der Waals surface area contributed by atoms with Gasteiger partial charge in [0.2, 0.25) is 0 Å². The van der Waals surface area contributed by atoms with Crippen molar-refractivity contribution >= 4 is 51.2 Å². The Morgan fingerprint density at radius 3 is 2.34 bits per heavy atom. The highest BCUT2D eigenvalue weighted by Crippen LogP contribution is 2.42. The fourth-order valence-electron chi connectivity index (χ4n) is 4.82. The summed E-state index contributed by atoms with van der Waals surface area (Å²) in [7, 11) is 0. The van der Waals surface area contributed by atoms with Crippen LogP contribution in [0.3, 0.4) is 0 Å². The minimum Gasteiger partial charge on any atom is -0.423 e. The summed E-state index contributed by atoms with van der Waals surface area (Å²) < 4.78 is 35.8. The van der Waals surface area contributed by atoms with Gasteiger partial charge in [0.25, 0.3) is 0 Å². The van der Waals surface area contributed by atoms with E-state index in [0.29, 0.717) is 18.6 Å². The lowest BCUT2D eigenvalue weighted by atomic mass is 9.77. The van der Waals surface area contributed by atoms with E-state index in [1.165, 1.54) is 12.5 Å². The standard InChI is InChI=1S/C29H28F2I2O2/c1-3-26(32)20-9-5-18(6-10-20)23-14-15-24(28(33)27(23)31)19-7-11-21(12-8-19)29(34)35-22-13-4-17(2)25(30)16-22/h4,7-8,11-16,18,20,26H,3,5-6,9-10H2,1-2H3. The van der Waals surface area contributed by atoms with E-state index < -0.39 is 11.8 Å². The molecule has 4 rings (SSSR count). The van der Waals surface area contributed by atoms with Gasteiger partial charge in [0.05, 0.1) is 9.13 Å². The van der Waals surface area contributed by atoms with Crippen LogP contribution in [0.1, 0.15) is 66.4 Å². The Kier molecular flexibility index (Phi) is 8.84. The van der Waals surface area contributed by atoms with Crippen LogP contribution in [0.15, 0.2) is 54.6 Å². The van der Waals surface area contributed by atoms with E-state index in [1.807, 2.05) is 12.1 Å². The van der Waals surface area contributed by atoms with E-state index in [9.17, 15) is 9.18 Å². The van der Waals surface area contributed by atoms with E-state index in [2.05, 4.69) is 52.1 Å². The van der Waals surface area contributed by atoms with Gasteiger partial charge in [-0.1, -0.05) is 59.8 Å². The zero-order valence-electron chi connectivity index (χ0n) is 19.8. The molecule has 6 heteroatoms. The fraction of sp³-hybridized carbons (Fsp3) is 0.345. The largest absolute Gasteiger partial charge is 0.423 e. The Bertz CT molecular complexity index is 1200. The van der Waals surface area contributed by atoms with Crippen LogP contribution in [0.4, 0.5) is 8.78 Å². The summed E-state index contributed by atoms with van der Waals surface area (Å²) in [6.07, 6.45) is 5.60. The molecule has 2 nitrogen and oxygen atoms in total. The van der Waals surface area contributed by atoms with Crippen molar-refractivity contribution in [2.75, 3.05) is 0 Å². The second-order valence-corrected chi connectivity index (χ2v) is 11.9. The first-order valence-corrected chi connectivity index (χ1v) is 14.3. The van der Waals surface area contributed by atoms with Gasteiger partial charge in [0, 0.05) is 9.99 Å². The first-order valence-electron chi connectivity index (χ1n) is 12.0.